The third-order valence-corrected chi connectivity index (χ3v) is 3.27. The predicted octanol–water partition coefficient (Wildman–Crippen LogP) is 3.73. The molecule has 0 bridgehead atoms. The zero-order valence-corrected chi connectivity index (χ0v) is 11.3. The van der Waals surface area contributed by atoms with E-state index in [2.05, 4.69) is 10.6 Å². The molecule has 1 amide bonds. The van der Waals surface area contributed by atoms with Crippen molar-refractivity contribution in [1.82, 2.24) is 0 Å². The minimum absolute atomic E-state index is 0.191. The third kappa shape index (κ3) is 3.23. The number of anilines is 2. The number of alkyl halides is 3. The first-order valence-electron chi connectivity index (χ1n) is 6.53. The van der Waals surface area contributed by atoms with E-state index in [9.17, 15) is 18.0 Å². The molecule has 1 aromatic carbocycles. The van der Waals surface area contributed by atoms with E-state index in [0.29, 0.717) is 24.6 Å². The van der Waals surface area contributed by atoms with Crippen LogP contribution in [-0.2, 0) is 11.0 Å². The lowest BCUT2D eigenvalue weighted by Gasteiger charge is -2.15. The van der Waals surface area contributed by atoms with Crippen LogP contribution in [0.1, 0.15) is 25.8 Å². The molecule has 3 nitrogen and oxygen atoms in total. The van der Waals surface area contributed by atoms with Gasteiger partial charge in [-0.3, -0.25) is 4.79 Å². The van der Waals surface area contributed by atoms with Crippen LogP contribution in [0.3, 0.4) is 0 Å². The zero-order chi connectivity index (χ0) is 14.9. The van der Waals surface area contributed by atoms with Gasteiger partial charge in [0.1, 0.15) is 0 Å². The van der Waals surface area contributed by atoms with Crippen molar-refractivity contribution in [3.63, 3.8) is 0 Å². The SMILES string of the molecule is CC(C)CC1CNc2ccc(C(F)(F)F)cc2NC1=O. The summed E-state index contributed by atoms with van der Waals surface area (Å²) in [5.41, 5.74) is -0.0469. The Morgan fingerprint density at radius 3 is 2.60 bits per heavy atom. The molecule has 20 heavy (non-hydrogen) atoms. The van der Waals surface area contributed by atoms with Crippen LogP contribution in [0.25, 0.3) is 0 Å². The largest absolute Gasteiger partial charge is 0.416 e. The Hall–Kier alpha value is -1.72. The molecule has 1 atom stereocenters. The highest BCUT2D eigenvalue weighted by Crippen LogP contribution is 2.35. The third-order valence-electron chi connectivity index (χ3n) is 3.27. The lowest BCUT2D eigenvalue weighted by molar-refractivity contribution is -0.137. The topological polar surface area (TPSA) is 41.1 Å². The fourth-order valence-electron chi connectivity index (χ4n) is 2.30. The van der Waals surface area contributed by atoms with Gasteiger partial charge in [0, 0.05) is 6.54 Å². The van der Waals surface area contributed by atoms with Crippen LogP contribution in [-0.4, -0.2) is 12.5 Å². The summed E-state index contributed by atoms with van der Waals surface area (Å²) in [5.74, 6) is -0.125. The number of hydrogen-bond donors (Lipinski definition) is 2. The normalized spacial score (nSPS) is 19.1. The second-order valence-electron chi connectivity index (χ2n) is 5.45. The first kappa shape index (κ1) is 14.7. The van der Waals surface area contributed by atoms with Crippen molar-refractivity contribution < 1.29 is 18.0 Å². The van der Waals surface area contributed by atoms with Gasteiger partial charge in [-0.05, 0) is 30.5 Å². The van der Waals surface area contributed by atoms with Crippen molar-refractivity contribution in [3.8, 4) is 0 Å². The van der Waals surface area contributed by atoms with Crippen LogP contribution >= 0.6 is 0 Å². The molecule has 0 radical (unpaired) electrons. The molecule has 2 N–H and O–H groups in total. The maximum absolute atomic E-state index is 12.7. The molecule has 0 aliphatic carbocycles. The summed E-state index contributed by atoms with van der Waals surface area (Å²) in [6, 6.07) is 3.34. The number of nitrogens with one attached hydrogen (secondary N) is 2. The lowest BCUT2D eigenvalue weighted by Crippen LogP contribution is -2.27. The van der Waals surface area contributed by atoms with Gasteiger partial charge in [-0.1, -0.05) is 13.8 Å². The highest BCUT2D eigenvalue weighted by molar-refractivity contribution is 5.97. The average Bonchev–Trinajstić information content (AvgIpc) is 2.47. The molecule has 1 unspecified atom stereocenters. The highest BCUT2D eigenvalue weighted by atomic mass is 19.4. The Balaban J connectivity index is 2.25. The second kappa shape index (κ2) is 5.34. The van der Waals surface area contributed by atoms with Crippen LogP contribution in [0.4, 0.5) is 24.5 Å². The van der Waals surface area contributed by atoms with Crippen molar-refractivity contribution in [1.29, 1.82) is 0 Å². The molecular formula is C14H17F3N2O. The Labute approximate surface area is 115 Å². The Morgan fingerprint density at radius 2 is 2.00 bits per heavy atom. The van der Waals surface area contributed by atoms with Gasteiger partial charge in [-0.15, -0.1) is 0 Å². The van der Waals surface area contributed by atoms with E-state index in [4.69, 9.17) is 0 Å². The molecule has 0 aromatic heterocycles. The molecule has 1 aromatic rings. The van der Waals surface area contributed by atoms with Crippen molar-refractivity contribution in [3.05, 3.63) is 23.8 Å². The Kier molecular flexibility index (Phi) is 3.92. The van der Waals surface area contributed by atoms with Crippen molar-refractivity contribution in [2.75, 3.05) is 17.2 Å². The molecule has 0 fully saturated rings. The van der Waals surface area contributed by atoms with Crippen molar-refractivity contribution in [2.24, 2.45) is 11.8 Å². The minimum Gasteiger partial charge on any atom is -0.383 e. The van der Waals surface area contributed by atoms with Gasteiger partial charge in [0.2, 0.25) is 5.91 Å². The van der Waals surface area contributed by atoms with Gasteiger partial charge in [-0.2, -0.15) is 13.2 Å². The van der Waals surface area contributed by atoms with Crippen LogP contribution in [0.15, 0.2) is 18.2 Å². The van der Waals surface area contributed by atoms with Crippen LogP contribution in [0.5, 0.6) is 0 Å². The maximum Gasteiger partial charge on any atom is 0.416 e. The smallest absolute Gasteiger partial charge is 0.383 e. The van der Waals surface area contributed by atoms with Gasteiger partial charge >= 0.3 is 6.18 Å². The molecule has 1 aliphatic rings. The Morgan fingerprint density at radius 1 is 1.30 bits per heavy atom. The highest BCUT2D eigenvalue weighted by Gasteiger charge is 2.32. The van der Waals surface area contributed by atoms with Crippen molar-refractivity contribution in [2.45, 2.75) is 26.4 Å². The number of carbonyl (C=O) groups is 1. The number of rotatable bonds is 2. The quantitative estimate of drug-likeness (QED) is 0.869. The van der Waals surface area contributed by atoms with Gasteiger partial charge in [0.05, 0.1) is 22.9 Å². The lowest BCUT2D eigenvalue weighted by atomic mass is 9.96. The van der Waals surface area contributed by atoms with E-state index in [1.807, 2.05) is 13.8 Å². The van der Waals surface area contributed by atoms with Gasteiger partial charge in [0.25, 0.3) is 0 Å². The standard InChI is InChI=1S/C14H17F3N2O/c1-8(2)5-9-7-18-11-4-3-10(14(15,16)17)6-12(11)19-13(9)20/h3-4,6,8-9,18H,5,7H2,1-2H3,(H,19,20). The minimum atomic E-state index is -4.41. The average molecular weight is 286 g/mol. The summed E-state index contributed by atoms with van der Waals surface area (Å²) in [6.07, 6.45) is -3.72. The van der Waals surface area contributed by atoms with Gasteiger partial charge in [0.15, 0.2) is 0 Å². The molecule has 110 valence electrons. The summed E-state index contributed by atoms with van der Waals surface area (Å²) in [7, 11) is 0. The van der Waals surface area contributed by atoms with E-state index in [-0.39, 0.29) is 17.5 Å². The summed E-state index contributed by atoms with van der Waals surface area (Å²) in [6.45, 7) is 4.45. The number of amides is 1. The monoisotopic (exact) mass is 286 g/mol. The molecule has 6 heteroatoms. The first-order chi connectivity index (χ1) is 9.27. The van der Waals surface area contributed by atoms with E-state index in [1.165, 1.54) is 6.07 Å². The number of benzene rings is 1. The molecule has 1 heterocycles. The number of carbonyl (C=O) groups excluding carboxylic acids is 1. The van der Waals surface area contributed by atoms with Gasteiger partial charge in [-0.25, -0.2) is 0 Å². The Bertz CT molecular complexity index is 512. The van der Waals surface area contributed by atoms with E-state index >= 15 is 0 Å². The maximum atomic E-state index is 12.7. The number of halogens is 3. The van der Waals surface area contributed by atoms with Crippen LogP contribution in [0, 0.1) is 11.8 Å². The zero-order valence-electron chi connectivity index (χ0n) is 11.3. The number of hydrogen-bond acceptors (Lipinski definition) is 2. The predicted molar refractivity (Wildman–Crippen MR) is 71.5 cm³/mol. The molecule has 2 rings (SSSR count). The molecular weight excluding hydrogens is 269 g/mol. The molecule has 0 spiro atoms. The summed E-state index contributed by atoms with van der Waals surface area (Å²) in [4.78, 5) is 12.0. The van der Waals surface area contributed by atoms with E-state index in [0.717, 1.165) is 12.1 Å². The molecule has 0 saturated heterocycles. The second-order valence-corrected chi connectivity index (χ2v) is 5.45. The fraction of sp³-hybridized carbons (Fsp3) is 0.500. The van der Waals surface area contributed by atoms with E-state index in [1.54, 1.807) is 0 Å². The summed E-state index contributed by atoms with van der Waals surface area (Å²) < 4.78 is 38.0. The summed E-state index contributed by atoms with van der Waals surface area (Å²) >= 11 is 0. The fourth-order valence-corrected chi connectivity index (χ4v) is 2.30. The number of fused-ring (bicyclic) bond motifs is 1. The van der Waals surface area contributed by atoms with Crippen molar-refractivity contribution >= 4 is 17.3 Å². The van der Waals surface area contributed by atoms with E-state index < -0.39 is 11.7 Å². The molecule has 1 aliphatic heterocycles. The summed E-state index contributed by atoms with van der Waals surface area (Å²) in [5, 5.41) is 5.63. The van der Waals surface area contributed by atoms with Crippen LogP contribution < -0.4 is 10.6 Å². The molecule has 0 saturated carbocycles. The first-order valence-corrected chi connectivity index (χ1v) is 6.53. The van der Waals surface area contributed by atoms with Gasteiger partial charge < -0.3 is 10.6 Å². The van der Waals surface area contributed by atoms with Crippen LogP contribution in [0.2, 0.25) is 0 Å².